The highest BCUT2D eigenvalue weighted by Crippen LogP contribution is 2.19. The number of nitrogens with zero attached hydrogens (tertiary/aromatic N) is 2. The Morgan fingerprint density at radius 1 is 1.67 bits per heavy atom. The van der Waals surface area contributed by atoms with Crippen molar-refractivity contribution in [2.45, 2.75) is 19.4 Å². The molecule has 1 aliphatic rings. The van der Waals surface area contributed by atoms with Crippen molar-refractivity contribution in [3.63, 3.8) is 0 Å². The lowest BCUT2D eigenvalue weighted by molar-refractivity contribution is -0.147. The van der Waals surface area contributed by atoms with Gasteiger partial charge in [0, 0.05) is 19.3 Å². The van der Waals surface area contributed by atoms with Gasteiger partial charge in [0.1, 0.15) is 0 Å². The number of ether oxygens (including phenoxy) is 1. The summed E-state index contributed by atoms with van der Waals surface area (Å²) in [6, 6.07) is 3.23. The highest BCUT2D eigenvalue weighted by Gasteiger charge is 2.26. The summed E-state index contributed by atoms with van der Waals surface area (Å²) >= 11 is 0. The number of piperidine rings is 1. The lowest BCUT2D eigenvalue weighted by atomic mass is 9.98. The number of methoxy groups -OCH3 is 1. The molecule has 1 saturated heterocycles. The van der Waals surface area contributed by atoms with Crippen molar-refractivity contribution >= 4 is 5.97 Å². The van der Waals surface area contributed by atoms with Crippen LogP contribution in [0.3, 0.4) is 0 Å². The highest BCUT2D eigenvalue weighted by atomic mass is 19.1. The quantitative estimate of drug-likeness (QED) is 0.605. The van der Waals surface area contributed by atoms with Crippen LogP contribution in [0.1, 0.15) is 18.4 Å². The van der Waals surface area contributed by atoms with Crippen molar-refractivity contribution in [2.75, 3.05) is 20.2 Å². The summed E-state index contributed by atoms with van der Waals surface area (Å²) in [5.74, 6) is -0.676. The Bertz CT molecular complexity index is 425. The Balaban J connectivity index is 1.95. The first-order valence-electron chi connectivity index (χ1n) is 6.09. The van der Waals surface area contributed by atoms with Gasteiger partial charge in [-0.15, -0.1) is 0 Å². The van der Waals surface area contributed by atoms with Crippen LogP contribution < -0.4 is 0 Å². The monoisotopic (exact) mass is 252 g/mol. The predicted octanol–water partition coefficient (Wildman–Crippen LogP) is 1.61. The second-order valence-electron chi connectivity index (χ2n) is 4.58. The summed E-state index contributed by atoms with van der Waals surface area (Å²) in [5.41, 5.74) is 0.882. The van der Waals surface area contributed by atoms with Crippen LogP contribution in [0, 0.1) is 11.9 Å². The second kappa shape index (κ2) is 5.91. The number of esters is 1. The van der Waals surface area contributed by atoms with Crippen LogP contribution in [0.15, 0.2) is 18.3 Å². The zero-order valence-electron chi connectivity index (χ0n) is 10.4. The summed E-state index contributed by atoms with van der Waals surface area (Å²) < 4.78 is 17.7. The number of likely N-dealkylation sites (tertiary alicyclic amines) is 1. The van der Waals surface area contributed by atoms with Crippen LogP contribution in [0.2, 0.25) is 0 Å². The van der Waals surface area contributed by atoms with Gasteiger partial charge in [0.15, 0.2) is 0 Å². The van der Waals surface area contributed by atoms with E-state index < -0.39 is 5.95 Å². The molecule has 4 nitrogen and oxygen atoms in total. The van der Waals surface area contributed by atoms with Gasteiger partial charge in [-0.3, -0.25) is 9.69 Å². The molecular weight excluding hydrogens is 235 g/mol. The maximum absolute atomic E-state index is 13.0. The molecule has 0 spiro atoms. The minimum Gasteiger partial charge on any atom is -0.469 e. The molecule has 1 aromatic heterocycles. The summed E-state index contributed by atoms with van der Waals surface area (Å²) in [6.07, 6.45) is 3.30. The lowest BCUT2D eigenvalue weighted by Crippen LogP contribution is -2.38. The average molecular weight is 252 g/mol. The molecule has 0 amide bonds. The number of rotatable bonds is 3. The number of carbonyl (C=O) groups is 1. The summed E-state index contributed by atoms with van der Waals surface area (Å²) in [6.45, 7) is 2.25. The third kappa shape index (κ3) is 3.26. The van der Waals surface area contributed by atoms with Gasteiger partial charge in [-0.2, -0.15) is 4.39 Å². The Morgan fingerprint density at radius 3 is 3.22 bits per heavy atom. The fourth-order valence-corrected chi connectivity index (χ4v) is 2.36. The van der Waals surface area contributed by atoms with Crippen molar-refractivity contribution in [1.29, 1.82) is 0 Å². The first-order chi connectivity index (χ1) is 8.69. The van der Waals surface area contributed by atoms with Crippen LogP contribution in [-0.4, -0.2) is 36.1 Å². The Kier molecular flexibility index (Phi) is 4.25. The first-order valence-corrected chi connectivity index (χ1v) is 6.09. The first kappa shape index (κ1) is 13.0. The van der Waals surface area contributed by atoms with E-state index in [1.165, 1.54) is 19.4 Å². The molecule has 0 aliphatic carbocycles. The highest BCUT2D eigenvalue weighted by molar-refractivity contribution is 5.72. The van der Waals surface area contributed by atoms with Crippen LogP contribution in [0.4, 0.5) is 4.39 Å². The van der Waals surface area contributed by atoms with E-state index in [0.29, 0.717) is 13.1 Å². The third-order valence-corrected chi connectivity index (χ3v) is 3.24. The van der Waals surface area contributed by atoms with Gasteiger partial charge in [0.25, 0.3) is 0 Å². The van der Waals surface area contributed by atoms with Crippen molar-refractivity contribution in [3.05, 3.63) is 29.8 Å². The maximum Gasteiger partial charge on any atom is 0.309 e. The van der Waals surface area contributed by atoms with Gasteiger partial charge < -0.3 is 4.74 Å². The minimum atomic E-state index is -0.464. The molecule has 2 rings (SSSR count). The number of pyridine rings is 1. The number of hydrogen-bond acceptors (Lipinski definition) is 4. The Labute approximate surface area is 106 Å². The summed E-state index contributed by atoms with van der Waals surface area (Å²) in [7, 11) is 1.42. The topological polar surface area (TPSA) is 42.4 Å². The van der Waals surface area contributed by atoms with E-state index >= 15 is 0 Å². The average Bonchev–Trinajstić information content (AvgIpc) is 2.38. The molecule has 2 heterocycles. The Morgan fingerprint density at radius 2 is 2.50 bits per heavy atom. The van der Waals surface area contributed by atoms with Gasteiger partial charge in [0.2, 0.25) is 5.95 Å². The van der Waals surface area contributed by atoms with Gasteiger partial charge in [0.05, 0.1) is 13.0 Å². The fraction of sp³-hybridized carbons (Fsp3) is 0.538. The van der Waals surface area contributed by atoms with E-state index in [9.17, 15) is 9.18 Å². The number of carbonyl (C=O) groups excluding carboxylic acids is 1. The molecule has 1 fully saturated rings. The molecule has 5 heteroatoms. The molecule has 18 heavy (non-hydrogen) atoms. The van der Waals surface area contributed by atoms with E-state index in [0.717, 1.165) is 24.9 Å². The molecule has 1 unspecified atom stereocenters. The standard InChI is InChI=1S/C13H17FN2O2/c1-18-13(17)11-3-2-6-16(9-11)8-10-4-5-15-12(14)7-10/h4-5,7,11H,2-3,6,8-9H2,1H3. The third-order valence-electron chi connectivity index (χ3n) is 3.24. The van der Waals surface area contributed by atoms with Gasteiger partial charge in [-0.25, -0.2) is 4.98 Å². The summed E-state index contributed by atoms with van der Waals surface area (Å²) in [4.78, 5) is 17.2. The predicted molar refractivity (Wildman–Crippen MR) is 64.2 cm³/mol. The van der Waals surface area contributed by atoms with Gasteiger partial charge in [-0.1, -0.05) is 0 Å². The van der Waals surface area contributed by atoms with Crippen molar-refractivity contribution < 1.29 is 13.9 Å². The molecule has 98 valence electrons. The molecule has 1 aromatic rings. The molecule has 1 aliphatic heterocycles. The van der Waals surface area contributed by atoms with Crippen LogP contribution in [0.25, 0.3) is 0 Å². The van der Waals surface area contributed by atoms with E-state index in [4.69, 9.17) is 4.74 Å². The number of halogens is 1. The van der Waals surface area contributed by atoms with E-state index in [1.54, 1.807) is 6.07 Å². The van der Waals surface area contributed by atoms with Gasteiger partial charge in [-0.05, 0) is 37.1 Å². The van der Waals surface area contributed by atoms with E-state index in [2.05, 4.69) is 9.88 Å². The molecular formula is C13H17FN2O2. The number of hydrogen-bond donors (Lipinski definition) is 0. The normalized spacial score (nSPS) is 20.7. The largest absolute Gasteiger partial charge is 0.469 e. The zero-order valence-corrected chi connectivity index (χ0v) is 10.4. The number of aromatic nitrogens is 1. The van der Waals surface area contributed by atoms with Crippen LogP contribution in [0.5, 0.6) is 0 Å². The second-order valence-corrected chi connectivity index (χ2v) is 4.58. The van der Waals surface area contributed by atoms with Gasteiger partial charge >= 0.3 is 5.97 Å². The lowest BCUT2D eigenvalue weighted by Gasteiger charge is -2.31. The molecule has 0 saturated carbocycles. The van der Waals surface area contributed by atoms with E-state index in [1.807, 2.05) is 0 Å². The van der Waals surface area contributed by atoms with Crippen molar-refractivity contribution in [1.82, 2.24) is 9.88 Å². The molecule has 0 radical (unpaired) electrons. The fourth-order valence-electron chi connectivity index (χ4n) is 2.36. The van der Waals surface area contributed by atoms with Crippen molar-refractivity contribution in [3.8, 4) is 0 Å². The SMILES string of the molecule is COC(=O)C1CCCN(Cc2ccnc(F)c2)C1. The molecule has 0 N–H and O–H groups in total. The van der Waals surface area contributed by atoms with Crippen LogP contribution >= 0.6 is 0 Å². The smallest absolute Gasteiger partial charge is 0.309 e. The van der Waals surface area contributed by atoms with E-state index in [-0.39, 0.29) is 11.9 Å². The minimum absolute atomic E-state index is 0.0598. The molecule has 1 atom stereocenters. The molecule has 0 bridgehead atoms. The Hall–Kier alpha value is -1.49. The van der Waals surface area contributed by atoms with Crippen LogP contribution in [-0.2, 0) is 16.1 Å². The maximum atomic E-state index is 13.0. The molecule has 0 aromatic carbocycles. The zero-order chi connectivity index (χ0) is 13.0. The summed E-state index contributed by atoms with van der Waals surface area (Å²) in [5, 5.41) is 0. The van der Waals surface area contributed by atoms with Crippen molar-refractivity contribution in [2.24, 2.45) is 5.92 Å².